The standard InChI is InChI=1S/C16H20N2O4/c19-15(13-7-3-9-21-13)17-11-5-1-2-6-12(11)18-16(20)14-8-4-10-22-14/h1-2,5-6,13-14H,3-4,7-10H2,(H,17,19)(H,18,20)/t13-,14-/m1/s1. The van der Waals surface area contributed by atoms with Crippen LogP contribution in [0.5, 0.6) is 0 Å². The van der Waals surface area contributed by atoms with Crippen molar-refractivity contribution >= 4 is 23.2 Å². The summed E-state index contributed by atoms with van der Waals surface area (Å²) in [6.07, 6.45) is 2.46. The van der Waals surface area contributed by atoms with E-state index in [9.17, 15) is 9.59 Å². The van der Waals surface area contributed by atoms with Gasteiger partial charge in [0.25, 0.3) is 11.8 Å². The van der Waals surface area contributed by atoms with Crippen LogP contribution in [0.25, 0.3) is 0 Å². The Morgan fingerprint density at radius 1 is 0.864 bits per heavy atom. The quantitative estimate of drug-likeness (QED) is 0.891. The summed E-state index contributed by atoms with van der Waals surface area (Å²) in [7, 11) is 0. The van der Waals surface area contributed by atoms with E-state index in [1.807, 2.05) is 12.1 Å². The Bertz CT molecular complexity index is 500. The van der Waals surface area contributed by atoms with E-state index in [0.29, 0.717) is 24.6 Å². The summed E-state index contributed by atoms with van der Waals surface area (Å²) in [5, 5.41) is 5.66. The molecule has 118 valence electrons. The molecule has 6 nitrogen and oxygen atoms in total. The summed E-state index contributed by atoms with van der Waals surface area (Å²) >= 11 is 0. The van der Waals surface area contributed by atoms with Gasteiger partial charge in [0.05, 0.1) is 11.4 Å². The zero-order chi connectivity index (χ0) is 15.4. The fourth-order valence-corrected chi connectivity index (χ4v) is 2.70. The number of amides is 2. The summed E-state index contributed by atoms with van der Waals surface area (Å²) in [6.45, 7) is 1.24. The van der Waals surface area contributed by atoms with Gasteiger partial charge in [0.15, 0.2) is 0 Å². The fraction of sp³-hybridized carbons (Fsp3) is 0.500. The van der Waals surface area contributed by atoms with Gasteiger partial charge < -0.3 is 20.1 Å². The molecule has 2 amide bonds. The van der Waals surface area contributed by atoms with Gasteiger partial charge in [-0.15, -0.1) is 0 Å². The average Bonchev–Trinajstić information content (AvgIpc) is 3.23. The molecule has 0 radical (unpaired) electrons. The number of rotatable bonds is 4. The summed E-state index contributed by atoms with van der Waals surface area (Å²) in [6, 6.07) is 7.15. The third kappa shape index (κ3) is 3.45. The number of hydrogen-bond acceptors (Lipinski definition) is 4. The molecular formula is C16H20N2O4. The van der Waals surface area contributed by atoms with Crippen molar-refractivity contribution in [2.45, 2.75) is 37.9 Å². The molecule has 2 fully saturated rings. The van der Waals surface area contributed by atoms with E-state index in [1.165, 1.54) is 0 Å². The molecule has 0 unspecified atom stereocenters. The molecule has 0 saturated carbocycles. The molecule has 2 aliphatic heterocycles. The van der Waals surface area contributed by atoms with E-state index in [2.05, 4.69) is 10.6 Å². The molecule has 6 heteroatoms. The highest BCUT2D eigenvalue weighted by molar-refractivity contribution is 6.02. The highest BCUT2D eigenvalue weighted by Gasteiger charge is 2.26. The third-order valence-electron chi connectivity index (χ3n) is 3.89. The van der Waals surface area contributed by atoms with Crippen LogP contribution >= 0.6 is 0 Å². The highest BCUT2D eigenvalue weighted by Crippen LogP contribution is 2.24. The first-order valence-electron chi connectivity index (χ1n) is 7.68. The van der Waals surface area contributed by atoms with Gasteiger partial charge in [-0.25, -0.2) is 0 Å². The molecule has 2 saturated heterocycles. The second-order valence-corrected chi connectivity index (χ2v) is 5.53. The smallest absolute Gasteiger partial charge is 0.253 e. The lowest BCUT2D eigenvalue weighted by atomic mass is 10.2. The molecule has 2 aliphatic rings. The maximum Gasteiger partial charge on any atom is 0.253 e. The predicted octanol–water partition coefficient (Wildman–Crippen LogP) is 1.92. The second kappa shape index (κ2) is 6.89. The van der Waals surface area contributed by atoms with Crippen LogP contribution < -0.4 is 10.6 Å². The van der Waals surface area contributed by atoms with Crippen molar-refractivity contribution < 1.29 is 19.1 Å². The molecule has 1 aromatic rings. The van der Waals surface area contributed by atoms with E-state index < -0.39 is 12.2 Å². The van der Waals surface area contributed by atoms with Crippen LogP contribution in [-0.4, -0.2) is 37.2 Å². The van der Waals surface area contributed by atoms with Gasteiger partial charge in [0.1, 0.15) is 12.2 Å². The van der Waals surface area contributed by atoms with E-state index >= 15 is 0 Å². The molecular weight excluding hydrogens is 284 g/mol. The number of para-hydroxylation sites is 2. The lowest BCUT2D eigenvalue weighted by molar-refractivity contribution is -0.125. The van der Waals surface area contributed by atoms with Crippen LogP contribution in [0.15, 0.2) is 24.3 Å². The number of benzene rings is 1. The lowest BCUT2D eigenvalue weighted by Gasteiger charge is -2.16. The molecule has 22 heavy (non-hydrogen) atoms. The van der Waals surface area contributed by atoms with Crippen LogP contribution in [0.3, 0.4) is 0 Å². The number of hydrogen-bond donors (Lipinski definition) is 2. The van der Waals surface area contributed by atoms with Crippen molar-refractivity contribution in [1.29, 1.82) is 0 Å². The molecule has 2 N–H and O–H groups in total. The van der Waals surface area contributed by atoms with Gasteiger partial charge in [0.2, 0.25) is 0 Å². The first-order valence-corrected chi connectivity index (χ1v) is 7.68. The van der Waals surface area contributed by atoms with Gasteiger partial charge in [-0.3, -0.25) is 9.59 Å². The van der Waals surface area contributed by atoms with Crippen LogP contribution in [-0.2, 0) is 19.1 Å². The monoisotopic (exact) mass is 304 g/mol. The van der Waals surface area contributed by atoms with Gasteiger partial charge in [0, 0.05) is 13.2 Å². The third-order valence-corrected chi connectivity index (χ3v) is 3.89. The largest absolute Gasteiger partial charge is 0.368 e. The summed E-state index contributed by atoms with van der Waals surface area (Å²) in [4.78, 5) is 24.3. The molecule has 0 aromatic heterocycles. The van der Waals surface area contributed by atoms with Crippen molar-refractivity contribution in [3.05, 3.63) is 24.3 Å². The van der Waals surface area contributed by atoms with Crippen molar-refractivity contribution in [1.82, 2.24) is 0 Å². The van der Waals surface area contributed by atoms with E-state index in [1.54, 1.807) is 12.1 Å². The molecule has 0 bridgehead atoms. The van der Waals surface area contributed by atoms with Crippen molar-refractivity contribution in [3.63, 3.8) is 0 Å². The van der Waals surface area contributed by atoms with Gasteiger partial charge >= 0.3 is 0 Å². The minimum Gasteiger partial charge on any atom is -0.368 e. The van der Waals surface area contributed by atoms with Crippen LogP contribution in [0.4, 0.5) is 11.4 Å². The number of carbonyl (C=O) groups excluding carboxylic acids is 2. The summed E-state index contributed by atoms with van der Waals surface area (Å²) in [5.41, 5.74) is 1.16. The average molecular weight is 304 g/mol. The molecule has 2 heterocycles. The Morgan fingerprint density at radius 3 is 1.68 bits per heavy atom. The minimum absolute atomic E-state index is 0.170. The van der Waals surface area contributed by atoms with Crippen LogP contribution in [0, 0.1) is 0 Å². The van der Waals surface area contributed by atoms with Crippen molar-refractivity contribution in [2.24, 2.45) is 0 Å². The van der Waals surface area contributed by atoms with E-state index in [4.69, 9.17) is 9.47 Å². The maximum absolute atomic E-state index is 12.1. The van der Waals surface area contributed by atoms with Gasteiger partial charge in [-0.1, -0.05) is 12.1 Å². The molecule has 0 aliphatic carbocycles. The number of carbonyl (C=O) groups is 2. The van der Waals surface area contributed by atoms with Crippen LogP contribution in [0.2, 0.25) is 0 Å². The molecule has 0 spiro atoms. The van der Waals surface area contributed by atoms with E-state index in [0.717, 1.165) is 25.7 Å². The van der Waals surface area contributed by atoms with Crippen molar-refractivity contribution in [2.75, 3.05) is 23.8 Å². The fourth-order valence-electron chi connectivity index (χ4n) is 2.70. The summed E-state index contributed by atoms with van der Waals surface area (Å²) in [5.74, 6) is -0.340. The van der Waals surface area contributed by atoms with Gasteiger partial charge in [-0.05, 0) is 37.8 Å². The minimum atomic E-state index is -0.401. The van der Waals surface area contributed by atoms with Crippen LogP contribution in [0.1, 0.15) is 25.7 Å². The van der Waals surface area contributed by atoms with E-state index in [-0.39, 0.29) is 11.8 Å². The Balaban J connectivity index is 1.66. The maximum atomic E-state index is 12.1. The molecule has 3 rings (SSSR count). The normalized spacial score (nSPS) is 24.2. The first kappa shape index (κ1) is 15.0. The Morgan fingerprint density at radius 2 is 1.32 bits per heavy atom. The second-order valence-electron chi connectivity index (χ2n) is 5.53. The number of anilines is 2. The zero-order valence-corrected chi connectivity index (χ0v) is 12.3. The Hall–Kier alpha value is -1.92. The molecule has 1 aromatic carbocycles. The SMILES string of the molecule is O=C(Nc1ccccc1NC(=O)[C@H]1CCCO1)[C@H]1CCCO1. The predicted molar refractivity (Wildman–Crippen MR) is 81.6 cm³/mol. The Labute approximate surface area is 129 Å². The highest BCUT2D eigenvalue weighted by atomic mass is 16.5. The zero-order valence-electron chi connectivity index (χ0n) is 12.3. The summed E-state index contributed by atoms with van der Waals surface area (Å²) < 4.78 is 10.7. The number of ether oxygens (including phenoxy) is 2. The topological polar surface area (TPSA) is 76.7 Å². The number of nitrogens with one attached hydrogen (secondary N) is 2. The van der Waals surface area contributed by atoms with Crippen molar-refractivity contribution in [3.8, 4) is 0 Å². The van der Waals surface area contributed by atoms with Gasteiger partial charge in [-0.2, -0.15) is 0 Å². The lowest BCUT2D eigenvalue weighted by Crippen LogP contribution is -2.29. The first-order chi connectivity index (χ1) is 10.7. The Kier molecular flexibility index (Phi) is 4.70. The molecule has 2 atom stereocenters.